The number of hydrogen-bond donors (Lipinski definition) is 4. The number of imidazole rings is 2. The molecular weight excluding hydrogens is 861 g/mol. The zero-order valence-electron chi connectivity index (χ0n) is 39.1. The van der Waals surface area contributed by atoms with Gasteiger partial charge in [-0.15, -0.1) is 0 Å². The summed E-state index contributed by atoms with van der Waals surface area (Å²) in [5, 5.41) is 6.33. The number of nitrogens with zero attached hydrogens (tertiary/aromatic N) is 10. The first-order chi connectivity index (χ1) is 32.8. The maximum Gasteiger partial charge on any atom is 0.271 e. The number of para-hydroxylation sites is 3. The van der Waals surface area contributed by atoms with Gasteiger partial charge in [-0.3, -0.25) is 9.59 Å². The Labute approximate surface area is 394 Å². The molecule has 0 bridgehead atoms. The highest BCUT2D eigenvalue weighted by molar-refractivity contribution is 5.99. The van der Waals surface area contributed by atoms with Crippen LogP contribution in [0.5, 0.6) is 0 Å². The van der Waals surface area contributed by atoms with Gasteiger partial charge in [-0.05, 0) is 69.9 Å². The Kier molecular flexibility index (Phi) is 14.4. The smallest absolute Gasteiger partial charge is 0.271 e. The van der Waals surface area contributed by atoms with Crippen molar-refractivity contribution in [3.63, 3.8) is 0 Å². The molecule has 10 rings (SSSR count). The number of nitrogens with two attached hydrogens (primary N) is 2. The second-order valence-electron chi connectivity index (χ2n) is 16.8. The van der Waals surface area contributed by atoms with Gasteiger partial charge >= 0.3 is 0 Å². The van der Waals surface area contributed by atoms with Gasteiger partial charge in [-0.1, -0.05) is 54.6 Å². The number of aromatic nitrogens is 8. The molecule has 2 fully saturated rings. The number of primary amides is 2. The molecule has 4 aromatic heterocycles. The Hall–Kier alpha value is -7.64. The van der Waals surface area contributed by atoms with E-state index in [1.165, 1.54) is 0 Å². The number of benzene rings is 4. The molecule has 2 amide bonds. The van der Waals surface area contributed by atoms with E-state index in [0.29, 0.717) is 34.4 Å². The lowest BCUT2D eigenvalue weighted by Gasteiger charge is -2.30. The van der Waals surface area contributed by atoms with Gasteiger partial charge in [-0.25, -0.2) is 29.9 Å². The minimum absolute atomic E-state index is 0.0459. The average molecular weight is 917 g/mol. The Balaban J connectivity index is 0.000000164. The molecule has 0 radical (unpaired) electrons. The molecule has 1 unspecified atom stereocenters. The normalized spacial score (nSPS) is 15.2. The van der Waals surface area contributed by atoms with E-state index in [9.17, 15) is 9.59 Å². The van der Waals surface area contributed by atoms with E-state index in [0.717, 1.165) is 96.1 Å². The van der Waals surface area contributed by atoms with Crippen molar-refractivity contribution in [1.82, 2.24) is 48.8 Å². The van der Waals surface area contributed by atoms with Crippen LogP contribution in [0.15, 0.2) is 104 Å². The van der Waals surface area contributed by atoms with Crippen molar-refractivity contribution in [2.24, 2.45) is 25.6 Å². The van der Waals surface area contributed by atoms with Crippen molar-refractivity contribution in [2.75, 3.05) is 70.7 Å². The summed E-state index contributed by atoms with van der Waals surface area (Å²) in [6, 6.07) is 29.1. The van der Waals surface area contributed by atoms with Crippen LogP contribution in [-0.2, 0) is 23.6 Å². The average Bonchev–Trinajstić information content (AvgIpc) is 3.92. The van der Waals surface area contributed by atoms with E-state index in [-0.39, 0.29) is 17.5 Å². The summed E-state index contributed by atoms with van der Waals surface area (Å²) in [7, 11) is 8.07. The fraction of sp³-hybridized carbons (Fsp3) is 0.280. The van der Waals surface area contributed by atoms with Crippen LogP contribution in [0.2, 0.25) is 0 Å². The predicted octanol–water partition coefficient (Wildman–Crippen LogP) is 6.31. The number of rotatable bonds is 9. The molecule has 6 N–H and O–H groups in total. The molecule has 350 valence electrons. The Bertz CT molecular complexity index is 3060. The molecule has 2 aliphatic heterocycles. The molecule has 0 saturated carbocycles. The van der Waals surface area contributed by atoms with E-state index < -0.39 is 11.8 Å². The number of nitrogens with one attached hydrogen (secondary N) is 2. The molecule has 68 heavy (non-hydrogen) atoms. The largest absolute Gasteiger partial charge is 0.379 e. The molecule has 0 aliphatic carbocycles. The molecule has 18 heteroatoms. The van der Waals surface area contributed by atoms with Crippen LogP contribution in [0.1, 0.15) is 44.0 Å². The van der Waals surface area contributed by atoms with Gasteiger partial charge in [0.15, 0.2) is 23.0 Å². The molecule has 2 saturated heterocycles. The van der Waals surface area contributed by atoms with E-state index in [2.05, 4.69) is 64.4 Å². The van der Waals surface area contributed by atoms with Crippen molar-refractivity contribution >= 4 is 56.9 Å². The van der Waals surface area contributed by atoms with E-state index in [1.807, 2.05) is 128 Å². The highest BCUT2D eigenvalue weighted by atomic mass is 16.5. The number of fused-ring (bicyclic) bond motifs is 2. The molecule has 1 atom stereocenters. The number of anilines is 4. The summed E-state index contributed by atoms with van der Waals surface area (Å²) < 4.78 is 14.9. The molecule has 18 nitrogen and oxygen atoms in total. The molecular formula is C50H56N14O4. The Morgan fingerprint density at radius 3 is 1.53 bits per heavy atom. The first kappa shape index (κ1) is 46.9. The molecule has 0 spiro atoms. The van der Waals surface area contributed by atoms with E-state index >= 15 is 0 Å². The minimum atomic E-state index is -0.653. The van der Waals surface area contributed by atoms with Gasteiger partial charge < -0.3 is 50.5 Å². The first-order valence-electron chi connectivity index (χ1n) is 22.3. The van der Waals surface area contributed by atoms with Crippen LogP contribution >= 0.6 is 0 Å². The maximum atomic E-state index is 12.3. The van der Waals surface area contributed by atoms with Gasteiger partial charge in [0.1, 0.15) is 0 Å². The van der Waals surface area contributed by atoms with E-state index in [4.69, 9.17) is 20.9 Å². The lowest BCUT2D eigenvalue weighted by molar-refractivity contribution is -0.0208. The summed E-state index contributed by atoms with van der Waals surface area (Å²) in [5.41, 5.74) is 21.8. The number of carbonyl (C=O) groups is 2. The van der Waals surface area contributed by atoms with Crippen LogP contribution in [0, 0.1) is 13.8 Å². The monoisotopic (exact) mass is 916 g/mol. The lowest BCUT2D eigenvalue weighted by atomic mass is 10.1. The highest BCUT2D eigenvalue weighted by Gasteiger charge is 2.23. The molecule has 4 aromatic carbocycles. The summed E-state index contributed by atoms with van der Waals surface area (Å²) in [6.45, 7) is 10.2. The van der Waals surface area contributed by atoms with Gasteiger partial charge in [0.25, 0.3) is 11.8 Å². The standard InChI is InChI=1S/C25H27N7O2.C20H18N6O.C5H11NO/c1-15-21(18-5-4-6-19-22(18)27-14-32(19)3)30-23(24(26)33)25(28-15)29-17-9-7-16(8-10-17)20-13-31(2)11-12-34-20;1-12-16(14-9-6-10-15-17(14)22-11-26(15)2)25-18(19(21)27)20(23-12)24-13-7-4-3-5-8-13;1-6-2-4-7-5-3-6/h4-10,14,20H,11-13H2,1-3H3,(H2,26,33)(H,28,29);3-11H,1-2H3,(H2,21,27)(H,23,24);2-5H2,1H3. The Morgan fingerprint density at radius 1 is 0.588 bits per heavy atom. The van der Waals surface area contributed by atoms with Gasteiger partial charge in [0.2, 0.25) is 0 Å². The molecule has 6 heterocycles. The number of carbonyl (C=O) groups excluding carboxylic acids is 2. The summed E-state index contributed by atoms with van der Waals surface area (Å²) in [6.07, 6.45) is 3.55. The SMILES string of the molecule is CN1CCOCC1.Cc1nc(Nc2ccc(C3CN(C)CCO3)cc2)c(C(N)=O)nc1-c1cccc2c1ncn2C.Cc1nc(Nc2ccccc2)c(C(N)=O)nc1-c1cccc2c1ncn2C. The topological polar surface area (TPSA) is 222 Å². The number of morpholine rings is 2. The lowest BCUT2D eigenvalue weighted by Crippen LogP contribution is -2.35. The zero-order valence-corrected chi connectivity index (χ0v) is 39.1. The fourth-order valence-corrected chi connectivity index (χ4v) is 7.98. The third-order valence-electron chi connectivity index (χ3n) is 11.7. The third-order valence-corrected chi connectivity index (χ3v) is 11.7. The fourth-order valence-electron chi connectivity index (χ4n) is 7.98. The quantitative estimate of drug-likeness (QED) is 0.125. The number of ether oxygens (including phenoxy) is 2. The van der Waals surface area contributed by atoms with Crippen LogP contribution in [0.3, 0.4) is 0 Å². The predicted molar refractivity (Wildman–Crippen MR) is 264 cm³/mol. The van der Waals surface area contributed by atoms with E-state index in [1.54, 1.807) is 12.7 Å². The van der Waals surface area contributed by atoms with Crippen LogP contribution in [0.25, 0.3) is 44.6 Å². The van der Waals surface area contributed by atoms with Gasteiger partial charge in [-0.2, -0.15) is 0 Å². The number of aryl methyl sites for hydroxylation is 4. The van der Waals surface area contributed by atoms with Crippen LogP contribution < -0.4 is 22.1 Å². The molecule has 8 aromatic rings. The maximum absolute atomic E-state index is 12.3. The third kappa shape index (κ3) is 10.6. The number of hydrogen-bond acceptors (Lipinski definition) is 14. The van der Waals surface area contributed by atoms with Gasteiger partial charge in [0, 0.05) is 62.8 Å². The van der Waals surface area contributed by atoms with Crippen molar-refractivity contribution in [1.29, 1.82) is 0 Å². The minimum Gasteiger partial charge on any atom is -0.379 e. The van der Waals surface area contributed by atoms with Gasteiger partial charge in [0.05, 0.1) is 83.4 Å². The zero-order chi connectivity index (χ0) is 47.9. The second kappa shape index (κ2) is 20.9. The van der Waals surface area contributed by atoms with Crippen molar-refractivity contribution in [3.05, 3.63) is 132 Å². The summed E-state index contributed by atoms with van der Waals surface area (Å²) >= 11 is 0. The summed E-state index contributed by atoms with van der Waals surface area (Å²) in [4.78, 5) is 56.2. The Morgan fingerprint density at radius 2 is 1.07 bits per heavy atom. The van der Waals surface area contributed by atoms with Crippen LogP contribution in [-0.4, -0.2) is 121 Å². The second-order valence-corrected chi connectivity index (χ2v) is 16.8. The highest BCUT2D eigenvalue weighted by Crippen LogP contribution is 2.32. The first-order valence-corrected chi connectivity index (χ1v) is 22.3. The van der Waals surface area contributed by atoms with Crippen molar-refractivity contribution in [3.8, 4) is 22.5 Å². The van der Waals surface area contributed by atoms with Crippen LogP contribution in [0.4, 0.5) is 23.0 Å². The van der Waals surface area contributed by atoms with Crippen molar-refractivity contribution < 1.29 is 19.1 Å². The van der Waals surface area contributed by atoms with Crippen molar-refractivity contribution in [2.45, 2.75) is 20.0 Å². The number of amides is 2. The molecule has 2 aliphatic rings. The summed E-state index contributed by atoms with van der Waals surface area (Å²) in [5.74, 6) is -0.637. The number of likely N-dealkylation sites (N-methyl/N-ethyl adjacent to an activating group) is 2.